The average Bonchev–Trinajstić information content (AvgIpc) is 2.34. The van der Waals surface area contributed by atoms with Crippen molar-refractivity contribution in [2.45, 2.75) is 27.2 Å². The highest BCUT2D eigenvalue weighted by Gasteiger charge is 2.20. The van der Waals surface area contributed by atoms with Crippen LogP contribution in [0.15, 0.2) is 6.07 Å². The number of ketones is 1. The molecule has 0 heterocycles. The molecule has 0 radical (unpaired) electrons. The van der Waals surface area contributed by atoms with Crippen molar-refractivity contribution in [3.8, 4) is 5.75 Å². The molecule has 1 atom stereocenters. The minimum Gasteiger partial charge on any atom is -0.496 e. The molecule has 2 N–H and O–H groups in total. The van der Waals surface area contributed by atoms with E-state index < -0.39 is 0 Å². The lowest BCUT2D eigenvalue weighted by Gasteiger charge is -2.15. The predicted octanol–water partition coefficient (Wildman–Crippen LogP) is 3.13. The fourth-order valence-electron chi connectivity index (χ4n) is 1.93. The lowest BCUT2D eigenvalue weighted by molar-refractivity contribution is 0.0962. The number of hydrogen-bond acceptors (Lipinski definition) is 3. The number of rotatable bonds is 5. The highest BCUT2D eigenvalue weighted by Crippen LogP contribution is 2.32. The summed E-state index contributed by atoms with van der Waals surface area (Å²) in [6.45, 7) is 6.19. The van der Waals surface area contributed by atoms with E-state index in [0.29, 0.717) is 29.3 Å². The Balaban J connectivity index is 3.22. The summed E-state index contributed by atoms with van der Waals surface area (Å²) in [5.41, 5.74) is 7.82. The van der Waals surface area contributed by atoms with Crippen molar-refractivity contribution in [3.05, 3.63) is 27.8 Å². The van der Waals surface area contributed by atoms with Gasteiger partial charge in [-0.25, -0.2) is 0 Å². The van der Waals surface area contributed by atoms with E-state index in [1.807, 2.05) is 20.8 Å². The second-order valence-corrected chi connectivity index (χ2v) is 5.06. The molecule has 1 rings (SSSR count). The van der Waals surface area contributed by atoms with Gasteiger partial charge in [-0.3, -0.25) is 4.79 Å². The van der Waals surface area contributed by atoms with E-state index in [4.69, 9.17) is 22.1 Å². The first-order chi connectivity index (χ1) is 8.42. The molecule has 1 aromatic rings. The molecule has 3 nitrogen and oxygen atoms in total. The van der Waals surface area contributed by atoms with Gasteiger partial charge in [-0.05, 0) is 43.5 Å². The van der Waals surface area contributed by atoms with Crippen molar-refractivity contribution >= 4 is 17.4 Å². The monoisotopic (exact) mass is 269 g/mol. The van der Waals surface area contributed by atoms with Gasteiger partial charge in [0.1, 0.15) is 5.75 Å². The van der Waals surface area contributed by atoms with Crippen molar-refractivity contribution in [1.82, 2.24) is 0 Å². The Morgan fingerprint density at radius 3 is 2.61 bits per heavy atom. The maximum absolute atomic E-state index is 12.3. The van der Waals surface area contributed by atoms with Crippen LogP contribution in [0.3, 0.4) is 0 Å². The number of hydrogen-bond donors (Lipinski definition) is 1. The summed E-state index contributed by atoms with van der Waals surface area (Å²) < 4.78 is 5.29. The summed E-state index contributed by atoms with van der Waals surface area (Å²) >= 11 is 6.19. The van der Waals surface area contributed by atoms with E-state index in [9.17, 15) is 4.79 Å². The van der Waals surface area contributed by atoms with Gasteiger partial charge in [0.25, 0.3) is 0 Å². The van der Waals surface area contributed by atoms with Crippen LogP contribution >= 0.6 is 11.6 Å². The average molecular weight is 270 g/mol. The van der Waals surface area contributed by atoms with E-state index in [1.54, 1.807) is 13.2 Å². The topological polar surface area (TPSA) is 52.3 Å². The van der Waals surface area contributed by atoms with Gasteiger partial charge >= 0.3 is 0 Å². The van der Waals surface area contributed by atoms with Crippen LogP contribution in [0, 0.1) is 19.8 Å². The first-order valence-electron chi connectivity index (χ1n) is 5.99. The Morgan fingerprint density at radius 2 is 2.11 bits per heavy atom. The summed E-state index contributed by atoms with van der Waals surface area (Å²) in [4.78, 5) is 12.3. The van der Waals surface area contributed by atoms with Gasteiger partial charge in [-0.2, -0.15) is 0 Å². The highest BCUT2D eigenvalue weighted by molar-refractivity contribution is 6.32. The minimum atomic E-state index is 0.0317. The predicted molar refractivity (Wildman–Crippen MR) is 74.6 cm³/mol. The van der Waals surface area contributed by atoms with Crippen molar-refractivity contribution in [2.75, 3.05) is 13.7 Å². The number of nitrogens with two attached hydrogens (primary N) is 1. The molecular formula is C14H20ClNO2. The Kier molecular flexibility index (Phi) is 5.17. The molecule has 0 saturated carbocycles. The summed E-state index contributed by atoms with van der Waals surface area (Å²) in [5.74, 6) is 0.773. The van der Waals surface area contributed by atoms with Crippen LogP contribution in [0.1, 0.15) is 34.8 Å². The van der Waals surface area contributed by atoms with Gasteiger partial charge in [-0.15, -0.1) is 0 Å². The molecule has 4 heteroatoms. The van der Waals surface area contributed by atoms with E-state index in [0.717, 1.165) is 11.1 Å². The van der Waals surface area contributed by atoms with Gasteiger partial charge in [-0.1, -0.05) is 18.5 Å². The zero-order valence-electron chi connectivity index (χ0n) is 11.3. The number of Topliss-reactive ketones (excluding diaryl/α,β-unsaturated/α-hetero) is 1. The standard InChI is InChI=1S/C14H20ClNO2/c1-8(7-16)5-11(17)13-10(3)14(15)9(2)6-12(13)18-4/h6,8H,5,7,16H2,1-4H3. The Morgan fingerprint density at radius 1 is 1.50 bits per heavy atom. The normalized spacial score (nSPS) is 12.3. The zero-order valence-corrected chi connectivity index (χ0v) is 12.1. The largest absolute Gasteiger partial charge is 0.496 e. The molecule has 0 fully saturated rings. The van der Waals surface area contributed by atoms with E-state index in [-0.39, 0.29) is 11.7 Å². The number of benzene rings is 1. The Bertz CT molecular complexity index is 458. The summed E-state index contributed by atoms with van der Waals surface area (Å²) in [7, 11) is 1.56. The number of aryl methyl sites for hydroxylation is 1. The molecular weight excluding hydrogens is 250 g/mol. The maximum atomic E-state index is 12.3. The van der Waals surface area contributed by atoms with Crippen LogP contribution in [-0.2, 0) is 0 Å². The summed E-state index contributed by atoms with van der Waals surface area (Å²) in [5, 5.41) is 0.625. The van der Waals surface area contributed by atoms with Gasteiger partial charge in [0.05, 0.1) is 12.7 Å². The third kappa shape index (κ3) is 3.03. The lowest BCUT2D eigenvalue weighted by Crippen LogP contribution is -2.16. The molecule has 0 saturated heterocycles. The van der Waals surface area contributed by atoms with Gasteiger partial charge < -0.3 is 10.5 Å². The number of carbonyl (C=O) groups excluding carboxylic acids is 1. The van der Waals surface area contributed by atoms with Gasteiger partial charge in [0.15, 0.2) is 5.78 Å². The van der Waals surface area contributed by atoms with Crippen molar-refractivity contribution in [2.24, 2.45) is 11.7 Å². The van der Waals surface area contributed by atoms with Crippen molar-refractivity contribution in [3.63, 3.8) is 0 Å². The van der Waals surface area contributed by atoms with Crippen LogP contribution in [0.25, 0.3) is 0 Å². The molecule has 0 aliphatic carbocycles. The Hall–Kier alpha value is -1.06. The van der Waals surface area contributed by atoms with Gasteiger partial charge in [0.2, 0.25) is 0 Å². The molecule has 0 aliphatic rings. The summed E-state index contributed by atoms with van der Waals surface area (Å²) in [6, 6.07) is 1.80. The van der Waals surface area contributed by atoms with Crippen LogP contribution in [0.4, 0.5) is 0 Å². The van der Waals surface area contributed by atoms with E-state index >= 15 is 0 Å². The molecule has 100 valence electrons. The third-order valence-corrected chi connectivity index (χ3v) is 3.66. The molecule has 0 bridgehead atoms. The van der Waals surface area contributed by atoms with Crippen LogP contribution < -0.4 is 10.5 Å². The molecule has 0 amide bonds. The van der Waals surface area contributed by atoms with E-state index in [2.05, 4.69) is 0 Å². The smallest absolute Gasteiger partial charge is 0.167 e. The van der Waals surface area contributed by atoms with Gasteiger partial charge in [0, 0.05) is 11.4 Å². The maximum Gasteiger partial charge on any atom is 0.167 e. The lowest BCUT2D eigenvalue weighted by atomic mass is 9.94. The van der Waals surface area contributed by atoms with Crippen LogP contribution in [-0.4, -0.2) is 19.4 Å². The molecule has 1 unspecified atom stereocenters. The number of methoxy groups -OCH3 is 1. The molecule has 0 aliphatic heterocycles. The summed E-state index contributed by atoms with van der Waals surface area (Å²) in [6.07, 6.45) is 0.410. The van der Waals surface area contributed by atoms with Crippen LogP contribution in [0.5, 0.6) is 5.75 Å². The number of ether oxygens (including phenoxy) is 1. The minimum absolute atomic E-state index is 0.0317. The third-order valence-electron chi connectivity index (χ3n) is 3.08. The van der Waals surface area contributed by atoms with Crippen molar-refractivity contribution in [1.29, 1.82) is 0 Å². The number of carbonyl (C=O) groups is 1. The first-order valence-corrected chi connectivity index (χ1v) is 6.37. The molecule has 18 heavy (non-hydrogen) atoms. The SMILES string of the molecule is COc1cc(C)c(Cl)c(C)c1C(=O)CC(C)CN. The fraction of sp³-hybridized carbons (Fsp3) is 0.500. The van der Waals surface area contributed by atoms with E-state index in [1.165, 1.54) is 0 Å². The second kappa shape index (κ2) is 6.21. The quantitative estimate of drug-likeness (QED) is 0.836. The van der Waals surface area contributed by atoms with Crippen molar-refractivity contribution < 1.29 is 9.53 Å². The molecule has 0 spiro atoms. The molecule has 0 aromatic heterocycles. The number of halogens is 1. The first kappa shape index (κ1) is 15.0. The zero-order chi connectivity index (χ0) is 13.9. The fourth-order valence-corrected chi connectivity index (χ4v) is 2.08. The second-order valence-electron chi connectivity index (χ2n) is 4.68. The molecule has 1 aromatic carbocycles. The van der Waals surface area contributed by atoms with Crippen LogP contribution in [0.2, 0.25) is 5.02 Å². The Labute approximate surface area is 113 Å². The highest BCUT2D eigenvalue weighted by atomic mass is 35.5.